The van der Waals surface area contributed by atoms with E-state index in [1.165, 1.54) is 5.56 Å². The van der Waals surface area contributed by atoms with Crippen molar-refractivity contribution < 1.29 is 8.42 Å². The summed E-state index contributed by atoms with van der Waals surface area (Å²) in [5.74, 6) is 0.627. The van der Waals surface area contributed by atoms with E-state index in [0.717, 1.165) is 19.4 Å². The van der Waals surface area contributed by atoms with Crippen LogP contribution in [-0.4, -0.2) is 51.5 Å². The van der Waals surface area contributed by atoms with Gasteiger partial charge < -0.3 is 10.2 Å². The third kappa shape index (κ3) is 4.58. The molecule has 1 heterocycles. The highest BCUT2D eigenvalue weighted by molar-refractivity contribution is 7.91. The van der Waals surface area contributed by atoms with E-state index in [-0.39, 0.29) is 6.04 Å². The maximum absolute atomic E-state index is 11.5. The van der Waals surface area contributed by atoms with Gasteiger partial charge in [-0.05, 0) is 32.5 Å². The summed E-state index contributed by atoms with van der Waals surface area (Å²) < 4.78 is 23.0. The molecule has 1 aromatic rings. The number of likely N-dealkylation sites (N-methyl/N-ethyl adjacent to an activating group) is 1. The van der Waals surface area contributed by atoms with Gasteiger partial charge in [0.2, 0.25) is 0 Å². The molecular formula is C15H24N2O2S. The molecule has 5 heteroatoms. The lowest BCUT2D eigenvalue weighted by molar-refractivity contribution is 0.310. The predicted octanol–water partition coefficient (Wildman–Crippen LogP) is 1.46. The van der Waals surface area contributed by atoms with Gasteiger partial charge in [0.15, 0.2) is 0 Å². The smallest absolute Gasteiger partial charge is 0.150 e. The summed E-state index contributed by atoms with van der Waals surface area (Å²) in [5, 5.41) is 3.64. The Labute approximate surface area is 122 Å². The molecule has 4 nitrogen and oxygen atoms in total. The molecule has 0 saturated carbocycles. The van der Waals surface area contributed by atoms with Crippen molar-refractivity contribution in [1.29, 1.82) is 0 Å². The van der Waals surface area contributed by atoms with Crippen molar-refractivity contribution in [2.75, 3.05) is 32.1 Å². The van der Waals surface area contributed by atoms with Crippen molar-refractivity contribution >= 4 is 9.84 Å². The molecule has 1 N–H and O–H groups in total. The van der Waals surface area contributed by atoms with Gasteiger partial charge in [-0.15, -0.1) is 0 Å². The Morgan fingerprint density at radius 2 is 1.80 bits per heavy atom. The van der Waals surface area contributed by atoms with Crippen LogP contribution in [0, 0.1) is 0 Å². The van der Waals surface area contributed by atoms with Crippen molar-refractivity contribution in [2.24, 2.45) is 0 Å². The van der Waals surface area contributed by atoms with Crippen LogP contribution in [0.5, 0.6) is 0 Å². The molecule has 1 atom stereocenters. The molecule has 1 saturated heterocycles. The van der Waals surface area contributed by atoms with Crippen LogP contribution in [0.2, 0.25) is 0 Å². The summed E-state index contributed by atoms with van der Waals surface area (Å²) in [6.45, 7) is 0.910. The van der Waals surface area contributed by atoms with Crippen LogP contribution in [0.4, 0.5) is 0 Å². The molecule has 2 rings (SSSR count). The van der Waals surface area contributed by atoms with Crippen LogP contribution >= 0.6 is 0 Å². The lowest BCUT2D eigenvalue weighted by atomic mass is 10.0. The van der Waals surface area contributed by atoms with Gasteiger partial charge in [0.25, 0.3) is 0 Å². The number of nitrogens with one attached hydrogen (secondary N) is 1. The molecule has 1 unspecified atom stereocenters. The van der Waals surface area contributed by atoms with Gasteiger partial charge in [0.1, 0.15) is 9.84 Å². The Balaban J connectivity index is 2.02. The van der Waals surface area contributed by atoms with E-state index in [1.807, 2.05) is 18.2 Å². The Morgan fingerprint density at radius 3 is 2.35 bits per heavy atom. The molecule has 1 aromatic carbocycles. The standard InChI is InChI=1S/C15H24N2O2S/c1-17(2)12-15(13-6-4-3-5-7-13)16-14-8-10-20(18,19)11-9-14/h3-7,14-16H,8-12H2,1-2H3. The van der Waals surface area contributed by atoms with Crippen LogP contribution in [0.1, 0.15) is 24.4 Å². The van der Waals surface area contributed by atoms with Gasteiger partial charge in [-0.25, -0.2) is 8.42 Å². The normalized spacial score (nSPS) is 20.9. The maximum atomic E-state index is 11.5. The van der Waals surface area contributed by atoms with E-state index in [0.29, 0.717) is 17.5 Å². The summed E-state index contributed by atoms with van der Waals surface area (Å²) >= 11 is 0. The SMILES string of the molecule is CN(C)CC(NC1CCS(=O)(=O)CC1)c1ccccc1. The van der Waals surface area contributed by atoms with Crippen LogP contribution in [-0.2, 0) is 9.84 Å². The van der Waals surface area contributed by atoms with E-state index in [2.05, 4.69) is 36.4 Å². The topological polar surface area (TPSA) is 49.4 Å². The van der Waals surface area contributed by atoms with Crippen LogP contribution < -0.4 is 5.32 Å². The summed E-state index contributed by atoms with van der Waals surface area (Å²) in [6, 6.07) is 10.9. The Hall–Kier alpha value is -0.910. The molecule has 20 heavy (non-hydrogen) atoms. The van der Waals surface area contributed by atoms with Gasteiger partial charge in [0, 0.05) is 18.6 Å². The summed E-state index contributed by atoms with van der Waals surface area (Å²) in [4.78, 5) is 2.16. The van der Waals surface area contributed by atoms with Gasteiger partial charge in [-0.1, -0.05) is 30.3 Å². The summed E-state index contributed by atoms with van der Waals surface area (Å²) in [7, 11) is 1.33. The summed E-state index contributed by atoms with van der Waals surface area (Å²) in [6.07, 6.45) is 1.44. The van der Waals surface area contributed by atoms with Crippen LogP contribution in [0.15, 0.2) is 30.3 Å². The van der Waals surface area contributed by atoms with E-state index < -0.39 is 9.84 Å². The second kappa shape index (κ2) is 6.70. The zero-order chi connectivity index (χ0) is 14.6. The minimum absolute atomic E-state index is 0.247. The second-order valence-electron chi connectivity index (χ2n) is 5.82. The second-order valence-corrected chi connectivity index (χ2v) is 8.12. The van der Waals surface area contributed by atoms with Gasteiger partial charge >= 0.3 is 0 Å². The first-order valence-electron chi connectivity index (χ1n) is 7.12. The third-order valence-electron chi connectivity index (χ3n) is 3.74. The molecule has 112 valence electrons. The molecule has 1 fully saturated rings. The van der Waals surface area contributed by atoms with Crippen molar-refractivity contribution in [2.45, 2.75) is 24.9 Å². The highest BCUT2D eigenvalue weighted by Gasteiger charge is 2.25. The van der Waals surface area contributed by atoms with E-state index in [1.54, 1.807) is 0 Å². The van der Waals surface area contributed by atoms with Crippen LogP contribution in [0.3, 0.4) is 0 Å². The van der Waals surface area contributed by atoms with E-state index in [4.69, 9.17) is 0 Å². The molecule has 0 amide bonds. The van der Waals surface area contributed by atoms with Gasteiger partial charge in [-0.3, -0.25) is 0 Å². The molecule has 0 bridgehead atoms. The predicted molar refractivity (Wildman–Crippen MR) is 82.5 cm³/mol. The molecule has 1 aliphatic heterocycles. The number of benzene rings is 1. The Morgan fingerprint density at radius 1 is 1.20 bits per heavy atom. The fourth-order valence-corrected chi connectivity index (χ4v) is 4.14. The molecule has 1 aliphatic rings. The van der Waals surface area contributed by atoms with Crippen molar-refractivity contribution in [3.63, 3.8) is 0 Å². The lowest BCUT2D eigenvalue weighted by Gasteiger charge is -2.30. The number of sulfone groups is 1. The maximum Gasteiger partial charge on any atom is 0.150 e. The molecular weight excluding hydrogens is 272 g/mol. The molecule has 0 aromatic heterocycles. The van der Waals surface area contributed by atoms with E-state index in [9.17, 15) is 8.42 Å². The first kappa shape index (κ1) is 15.5. The highest BCUT2D eigenvalue weighted by Crippen LogP contribution is 2.19. The summed E-state index contributed by atoms with van der Waals surface area (Å²) in [5.41, 5.74) is 1.26. The third-order valence-corrected chi connectivity index (χ3v) is 5.46. The minimum Gasteiger partial charge on any atom is -0.308 e. The monoisotopic (exact) mass is 296 g/mol. The van der Waals surface area contributed by atoms with Crippen molar-refractivity contribution in [3.8, 4) is 0 Å². The van der Waals surface area contributed by atoms with E-state index >= 15 is 0 Å². The first-order valence-corrected chi connectivity index (χ1v) is 8.94. The number of hydrogen-bond donors (Lipinski definition) is 1. The first-order chi connectivity index (χ1) is 9.46. The van der Waals surface area contributed by atoms with Gasteiger partial charge in [-0.2, -0.15) is 0 Å². The number of nitrogens with zero attached hydrogens (tertiary/aromatic N) is 1. The molecule has 0 spiro atoms. The highest BCUT2D eigenvalue weighted by atomic mass is 32.2. The van der Waals surface area contributed by atoms with Crippen LogP contribution in [0.25, 0.3) is 0 Å². The zero-order valence-corrected chi connectivity index (χ0v) is 13.1. The average molecular weight is 296 g/mol. The molecule has 0 aliphatic carbocycles. The number of hydrogen-bond acceptors (Lipinski definition) is 4. The average Bonchev–Trinajstić information content (AvgIpc) is 2.41. The lowest BCUT2D eigenvalue weighted by Crippen LogP contribution is -2.42. The number of rotatable bonds is 5. The Kier molecular flexibility index (Phi) is 5.18. The zero-order valence-electron chi connectivity index (χ0n) is 12.2. The fourth-order valence-electron chi connectivity index (χ4n) is 2.65. The largest absolute Gasteiger partial charge is 0.308 e. The minimum atomic E-state index is -2.79. The van der Waals surface area contributed by atoms with Crippen molar-refractivity contribution in [3.05, 3.63) is 35.9 Å². The quantitative estimate of drug-likeness (QED) is 0.893. The fraction of sp³-hybridized carbons (Fsp3) is 0.600. The molecule has 0 radical (unpaired) electrons. The van der Waals surface area contributed by atoms with Crippen molar-refractivity contribution in [1.82, 2.24) is 10.2 Å². The van der Waals surface area contributed by atoms with Gasteiger partial charge in [0.05, 0.1) is 11.5 Å². The Bertz CT molecular complexity index is 500.